The summed E-state index contributed by atoms with van der Waals surface area (Å²) in [6.45, 7) is 7.58. The van der Waals surface area contributed by atoms with Crippen molar-refractivity contribution in [2.45, 2.75) is 52.5 Å². The Morgan fingerprint density at radius 2 is 1.39 bits per heavy atom. The minimum atomic E-state index is -3.87. The molecule has 0 saturated heterocycles. The zero-order chi connectivity index (χ0) is 21.4. The highest BCUT2D eigenvalue weighted by Gasteiger charge is 2.29. The summed E-state index contributed by atoms with van der Waals surface area (Å²) >= 11 is 0. The minimum absolute atomic E-state index is 0.00531. The van der Waals surface area contributed by atoms with Crippen LogP contribution in [0.15, 0.2) is 12.1 Å². The lowest BCUT2D eigenvalue weighted by molar-refractivity contribution is 0.184. The molecule has 1 N–H and O–H groups in total. The molecule has 0 spiro atoms. The number of hydrogen-bond acceptors (Lipinski definition) is 7. The van der Waals surface area contributed by atoms with Gasteiger partial charge in [-0.1, -0.05) is 6.92 Å². The minimum Gasteiger partial charge on any atom is -0.496 e. The number of hydrogen-bond donors (Lipinski definition) is 1. The molecule has 2 atom stereocenters. The molecular formula is C18H32O8P2. The van der Waals surface area contributed by atoms with Gasteiger partial charge in [0.1, 0.15) is 11.5 Å². The van der Waals surface area contributed by atoms with Crippen molar-refractivity contribution in [1.82, 2.24) is 0 Å². The second-order valence-corrected chi connectivity index (χ2v) is 10.1. The topological polar surface area (TPSA) is 101 Å². The Labute approximate surface area is 167 Å². The van der Waals surface area contributed by atoms with Crippen LogP contribution in [0.1, 0.15) is 45.2 Å². The Morgan fingerprint density at radius 3 is 1.79 bits per heavy atom. The molecule has 0 radical (unpaired) electrons. The van der Waals surface area contributed by atoms with Gasteiger partial charge in [0.2, 0.25) is 0 Å². The van der Waals surface area contributed by atoms with Crippen molar-refractivity contribution in [2.75, 3.05) is 27.4 Å². The zero-order valence-electron chi connectivity index (χ0n) is 17.5. The van der Waals surface area contributed by atoms with Crippen molar-refractivity contribution in [3.05, 3.63) is 23.3 Å². The van der Waals surface area contributed by atoms with Gasteiger partial charge in [-0.05, 0) is 39.3 Å². The summed E-state index contributed by atoms with van der Waals surface area (Å²) in [6, 6.07) is 3.22. The van der Waals surface area contributed by atoms with E-state index in [1.165, 1.54) is 14.2 Å². The van der Waals surface area contributed by atoms with Gasteiger partial charge in [-0.15, -0.1) is 0 Å². The quantitative estimate of drug-likeness (QED) is 0.431. The summed E-state index contributed by atoms with van der Waals surface area (Å²) in [6.07, 6.45) is 0.0420. The molecule has 2 unspecified atom stereocenters. The largest absolute Gasteiger partial charge is 0.496 e. The fourth-order valence-corrected chi connectivity index (χ4v) is 5.78. The normalized spacial score (nSPS) is 15.1. The maximum absolute atomic E-state index is 12.9. The van der Waals surface area contributed by atoms with E-state index in [0.717, 1.165) is 0 Å². The third kappa shape index (κ3) is 7.51. The van der Waals surface area contributed by atoms with E-state index in [4.69, 9.17) is 23.0 Å². The van der Waals surface area contributed by atoms with Crippen molar-refractivity contribution < 1.29 is 37.1 Å². The van der Waals surface area contributed by atoms with Crippen LogP contribution in [-0.4, -0.2) is 38.4 Å². The van der Waals surface area contributed by atoms with Crippen molar-refractivity contribution in [1.29, 1.82) is 0 Å². The van der Waals surface area contributed by atoms with Gasteiger partial charge >= 0.3 is 15.2 Å². The molecule has 0 amide bonds. The van der Waals surface area contributed by atoms with E-state index in [1.807, 2.05) is 6.92 Å². The maximum atomic E-state index is 12.9. The van der Waals surface area contributed by atoms with Crippen LogP contribution in [0.25, 0.3) is 0 Å². The second kappa shape index (κ2) is 11.3. The second-order valence-electron chi connectivity index (χ2n) is 6.20. The van der Waals surface area contributed by atoms with E-state index < -0.39 is 15.2 Å². The first-order valence-corrected chi connectivity index (χ1v) is 12.7. The summed E-state index contributed by atoms with van der Waals surface area (Å²) in [5, 5.41) is 0. The highest BCUT2D eigenvalue weighted by molar-refractivity contribution is 7.53. The number of rotatable bonds is 13. The van der Waals surface area contributed by atoms with E-state index in [2.05, 4.69) is 0 Å². The number of ether oxygens (including phenoxy) is 2. The molecule has 0 aliphatic heterocycles. The van der Waals surface area contributed by atoms with Gasteiger partial charge in [0, 0.05) is 11.1 Å². The van der Waals surface area contributed by atoms with Gasteiger partial charge in [-0.3, -0.25) is 9.13 Å². The molecule has 0 saturated carbocycles. The standard InChI is InChI=1S/C18H32O8P2/c1-7-14(4)26-27(19,20)12-15-10-18(23-6)16(11-17(15)22-5)13-28(21,24-8-2)25-9-3/h10-11,14H,7-9,12-13H2,1-6H3,(H,19,20). The SMILES string of the molecule is CCOP(=O)(Cc1cc(OC)c(CP(=O)(O)OC(C)CC)cc1OC)OCC. The van der Waals surface area contributed by atoms with Crippen LogP contribution in [0.3, 0.4) is 0 Å². The molecule has 1 aromatic carbocycles. The highest BCUT2D eigenvalue weighted by Crippen LogP contribution is 2.54. The van der Waals surface area contributed by atoms with Crippen LogP contribution in [0.4, 0.5) is 0 Å². The Balaban J connectivity index is 3.24. The summed E-state index contributed by atoms with van der Waals surface area (Å²) in [5.74, 6) is 0.774. The lowest BCUT2D eigenvalue weighted by Crippen LogP contribution is -2.07. The Morgan fingerprint density at radius 1 is 0.929 bits per heavy atom. The fraction of sp³-hybridized carbons (Fsp3) is 0.667. The molecule has 8 nitrogen and oxygen atoms in total. The molecule has 28 heavy (non-hydrogen) atoms. The monoisotopic (exact) mass is 438 g/mol. The highest BCUT2D eigenvalue weighted by atomic mass is 31.2. The number of methoxy groups -OCH3 is 2. The summed E-state index contributed by atoms with van der Waals surface area (Å²) in [7, 11) is -4.31. The van der Waals surface area contributed by atoms with E-state index in [9.17, 15) is 14.0 Å². The van der Waals surface area contributed by atoms with E-state index in [0.29, 0.717) is 29.0 Å². The average Bonchev–Trinajstić information content (AvgIpc) is 2.62. The van der Waals surface area contributed by atoms with Crippen LogP contribution in [0.2, 0.25) is 0 Å². The Hall–Kier alpha value is -0.880. The number of benzene rings is 1. The molecule has 1 rings (SSSR count). The van der Waals surface area contributed by atoms with Gasteiger partial charge < -0.3 is 27.9 Å². The van der Waals surface area contributed by atoms with Crippen molar-refractivity contribution in [3.63, 3.8) is 0 Å². The van der Waals surface area contributed by atoms with Gasteiger partial charge in [0.05, 0.1) is 45.9 Å². The molecule has 0 aliphatic carbocycles. The average molecular weight is 438 g/mol. The third-order valence-electron chi connectivity index (χ3n) is 3.99. The zero-order valence-corrected chi connectivity index (χ0v) is 19.3. The molecular weight excluding hydrogens is 406 g/mol. The molecule has 0 bridgehead atoms. The van der Waals surface area contributed by atoms with Gasteiger partial charge in [-0.2, -0.15) is 0 Å². The van der Waals surface area contributed by atoms with E-state index in [1.54, 1.807) is 32.9 Å². The summed E-state index contributed by atoms with van der Waals surface area (Å²) in [4.78, 5) is 10.2. The molecule has 0 aromatic heterocycles. The Bertz CT molecular complexity index is 712. The lowest BCUT2D eigenvalue weighted by atomic mass is 10.1. The molecule has 0 fully saturated rings. The molecule has 162 valence electrons. The lowest BCUT2D eigenvalue weighted by Gasteiger charge is -2.21. The first kappa shape index (κ1) is 25.2. The smallest absolute Gasteiger partial charge is 0.335 e. The van der Waals surface area contributed by atoms with Gasteiger partial charge in [0.15, 0.2) is 0 Å². The van der Waals surface area contributed by atoms with Crippen LogP contribution in [-0.2, 0) is 35.0 Å². The first-order valence-electron chi connectivity index (χ1n) is 9.25. The van der Waals surface area contributed by atoms with Crippen LogP contribution in [0.5, 0.6) is 11.5 Å². The van der Waals surface area contributed by atoms with Crippen molar-refractivity contribution >= 4 is 15.2 Å². The third-order valence-corrected chi connectivity index (χ3v) is 7.45. The predicted octanol–water partition coefficient (Wildman–Crippen LogP) is 4.97. The van der Waals surface area contributed by atoms with Crippen LogP contribution < -0.4 is 9.47 Å². The van der Waals surface area contributed by atoms with E-state index >= 15 is 0 Å². The predicted molar refractivity (Wildman–Crippen MR) is 108 cm³/mol. The molecule has 10 heteroatoms. The summed E-state index contributed by atoms with van der Waals surface area (Å²) < 4.78 is 52.1. The van der Waals surface area contributed by atoms with Gasteiger partial charge in [0.25, 0.3) is 0 Å². The van der Waals surface area contributed by atoms with Crippen LogP contribution >= 0.6 is 15.2 Å². The van der Waals surface area contributed by atoms with E-state index in [-0.39, 0.29) is 31.6 Å². The summed E-state index contributed by atoms with van der Waals surface area (Å²) in [5.41, 5.74) is 1.02. The van der Waals surface area contributed by atoms with Crippen LogP contribution in [0, 0.1) is 0 Å². The molecule has 1 aromatic rings. The maximum Gasteiger partial charge on any atom is 0.335 e. The molecule has 0 heterocycles. The van der Waals surface area contributed by atoms with Gasteiger partial charge in [-0.25, -0.2) is 0 Å². The first-order chi connectivity index (χ1) is 13.1. The molecule has 0 aliphatic rings. The van der Waals surface area contributed by atoms with Crippen molar-refractivity contribution in [3.8, 4) is 11.5 Å². The fourth-order valence-electron chi connectivity index (χ4n) is 2.61. The Kier molecular flexibility index (Phi) is 10.2. The van der Waals surface area contributed by atoms with Crippen molar-refractivity contribution in [2.24, 2.45) is 0 Å².